The standard InChI is InChI=1S/C29H34F3N5O/c1-18-10-21(33)16-37(14-18)27-6-8-34-13-20(27)2-3-22-4-5-24(30)29(35-22)28-25(31)11-19(12-26(28)32)15-36-9-7-23(38)17-36/h4-6,8,11-13,18,21,23,38H,2-3,7,9-10,14-17,33H2,1H3/t18-,21+,23+/m1/s1. The molecule has 3 aromatic rings. The van der Waals surface area contributed by atoms with Crippen molar-refractivity contribution in [2.75, 3.05) is 31.1 Å². The van der Waals surface area contributed by atoms with Crippen LogP contribution in [0.25, 0.3) is 11.3 Å². The van der Waals surface area contributed by atoms with Gasteiger partial charge in [0.2, 0.25) is 0 Å². The lowest BCUT2D eigenvalue weighted by Crippen LogP contribution is -2.46. The highest BCUT2D eigenvalue weighted by Crippen LogP contribution is 2.30. The van der Waals surface area contributed by atoms with Crippen molar-refractivity contribution in [3.63, 3.8) is 0 Å². The SMILES string of the molecule is C[C@@H]1C[C@H](N)CN(c2ccncc2CCc2ccc(F)c(-c3c(F)cc(CN4CC[C@H](O)C4)cc3F)n2)C1. The third kappa shape index (κ3) is 6.00. The number of halogens is 3. The molecule has 5 rings (SSSR count). The molecule has 3 N–H and O–H groups in total. The molecule has 6 nitrogen and oxygen atoms in total. The maximum atomic E-state index is 15.1. The minimum atomic E-state index is -0.853. The van der Waals surface area contributed by atoms with Gasteiger partial charge in [0, 0.05) is 62.5 Å². The first-order valence-corrected chi connectivity index (χ1v) is 13.2. The van der Waals surface area contributed by atoms with Crippen LogP contribution in [0, 0.1) is 23.4 Å². The maximum absolute atomic E-state index is 15.1. The van der Waals surface area contributed by atoms with Crippen molar-refractivity contribution >= 4 is 5.69 Å². The molecule has 2 aliphatic heterocycles. The van der Waals surface area contributed by atoms with Gasteiger partial charge in [-0.25, -0.2) is 18.2 Å². The molecule has 0 bridgehead atoms. The number of nitrogens with two attached hydrogens (primary N) is 1. The number of pyridine rings is 2. The van der Waals surface area contributed by atoms with Gasteiger partial charge in [-0.1, -0.05) is 6.92 Å². The maximum Gasteiger partial charge on any atom is 0.149 e. The van der Waals surface area contributed by atoms with Crippen LogP contribution in [-0.4, -0.2) is 58.3 Å². The van der Waals surface area contributed by atoms with Crippen LogP contribution in [0.2, 0.25) is 0 Å². The van der Waals surface area contributed by atoms with Gasteiger partial charge in [0.15, 0.2) is 0 Å². The number of aromatic nitrogens is 2. The fourth-order valence-electron chi connectivity index (χ4n) is 5.73. The quantitative estimate of drug-likeness (QED) is 0.484. The van der Waals surface area contributed by atoms with E-state index in [4.69, 9.17) is 5.73 Å². The van der Waals surface area contributed by atoms with Crippen molar-refractivity contribution < 1.29 is 18.3 Å². The molecular formula is C29H34F3N5O. The van der Waals surface area contributed by atoms with Crippen LogP contribution in [-0.2, 0) is 19.4 Å². The molecule has 4 heterocycles. The summed E-state index contributed by atoms with van der Waals surface area (Å²) < 4.78 is 45.0. The van der Waals surface area contributed by atoms with E-state index in [2.05, 4.69) is 21.8 Å². The lowest BCUT2D eigenvalue weighted by atomic mass is 9.95. The molecule has 0 spiro atoms. The van der Waals surface area contributed by atoms with Crippen molar-refractivity contribution in [1.82, 2.24) is 14.9 Å². The summed E-state index contributed by atoms with van der Waals surface area (Å²) >= 11 is 0. The van der Waals surface area contributed by atoms with Gasteiger partial charge in [-0.3, -0.25) is 9.88 Å². The van der Waals surface area contributed by atoms with Crippen molar-refractivity contribution in [3.05, 3.63) is 77.0 Å². The zero-order chi connectivity index (χ0) is 26.8. The molecule has 0 aliphatic carbocycles. The van der Waals surface area contributed by atoms with Gasteiger partial charge in [0.1, 0.15) is 23.1 Å². The molecule has 202 valence electrons. The van der Waals surface area contributed by atoms with E-state index in [0.717, 1.165) is 30.8 Å². The first-order valence-electron chi connectivity index (χ1n) is 13.2. The second kappa shape index (κ2) is 11.4. The lowest BCUT2D eigenvalue weighted by Gasteiger charge is -2.37. The van der Waals surface area contributed by atoms with Crippen molar-refractivity contribution in [3.8, 4) is 11.3 Å². The molecule has 0 unspecified atom stereocenters. The topological polar surface area (TPSA) is 78.5 Å². The van der Waals surface area contributed by atoms with E-state index in [1.165, 1.54) is 18.2 Å². The third-order valence-electron chi connectivity index (χ3n) is 7.46. The molecule has 0 saturated carbocycles. The third-order valence-corrected chi connectivity index (χ3v) is 7.46. The minimum Gasteiger partial charge on any atom is -0.392 e. The molecule has 9 heteroatoms. The first-order chi connectivity index (χ1) is 18.3. The van der Waals surface area contributed by atoms with E-state index in [-0.39, 0.29) is 11.7 Å². The van der Waals surface area contributed by atoms with E-state index in [9.17, 15) is 9.50 Å². The van der Waals surface area contributed by atoms with Gasteiger partial charge in [-0.15, -0.1) is 0 Å². The van der Waals surface area contributed by atoms with Gasteiger partial charge in [0.25, 0.3) is 0 Å². The monoisotopic (exact) mass is 525 g/mol. The number of anilines is 1. The van der Waals surface area contributed by atoms with E-state index >= 15 is 8.78 Å². The highest BCUT2D eigenvalue weighted by atomic mass is 19.1. The molecular weight excluding hydrogens is 491 g/mol. The van der Waals surface area contributed by atoms with Crippen molar-refractivity contribution in [2.24, 2.45) is 11.7 Å². The molecule has 0 radical (unpaired) electrons. The van der Waals surface area contributed by atoms with Crippen molar-refractivity contribution in [1.29, 1.82) is 0 Å². The molecule has 2 fully saturated rings. The summed E-state index contributed by atoms with van der Waals surface area (Å²) in [6.45, 7) is 5.32. The summed E-state index contributed by atoms with van der Waals surface area (Å²) in [5.74, 6) is -2.00. The number of benzene rings is 1. The van der Waals surface area contributed by atoms with Crippen LogP contribution in [0.1, 0.15) is 36.6 Å². The number of β-amino-alcohol motifs (C(OH)–C–C–N with tert-alkyl or cyclic N) is 1. The Balaban J connectivity index is 1.34. The molecule has 0 amide bonds. The summed E-state index contributed by atoms with van der Waals surface area (Å²) in [4.78, 5) is 12.8. The first kappa shape index (κ1) is 26.6. The van der Waals surface area contributed by atoms with Gasteiger partial charge >= 0.3 is 0 Å². The molecule has 2 aromatic heterocycles. The summed E-state index contributed by atoms with van der Waals surface area (Å²) in [5.41, 5.74) is 8.53. The van der Waals surface area contributed by atoms with Crippen LogP contribution in [0.5, 0.6) is 0 Å². The second-order valence-corrected chi connectivity index (χ2v) is 10.8. The van der Waals surface area contributed by atoms with Crippen molar-refractivity contribution in [2.45, 2.75) is 51.3 Å². The number of likely N-dealkylation sites (tertiary alicyclic amines) is 1. The Kier molecular flexibility index (Phi) is 7.97. The summed E-state index contributed by atoms with van der Waals surface area (Å²) in [5, 5.41) is 9.70. The summed E-state index contributed by atoms with van der Waals surface area (Å²) in [6, 6.07) is 7.31. The predicted molar refractivity (Wildman–Crippen MR) is 141 cm³/mol. The van der Waals surface area contributed by atoms with E-state index in [0.29, 0.717) is 56.1 Å². The van der Waals surface area contributed by atoms with Gasteiger partial charge in [-0.05, 0) is 73.1 Å². The predicted octanol–water partition coefficient (Wildman–Crippen LogP) is 4.09. The normalized spacial score (nSPS) is 22.3. The molecule has 38 heavy (non-hydrogen) atoms. The van der Waals surface area contributed by atoms with Crippen LogP contribution in [0.15, 0.2) is 42.7 Å². The van der Waals surface area contributed by atoms with Crippen LogP contribution in [0.4, 0.5) is 18.9 Å². The van der Waals surface area contributed by atoms with Crippen LogP contribution < -0.4 is 10.6 Å². The molecule has 2 saturated heterocycles. The number of rotatable bonds is 7. The lowest BCUT2D eigenvalue weighted by molar-refractivity contribution is 0.174. The van der Waals surface area contributed by atoms with Crippen LogP contribution >= 0.6 is 0 Å². The number of piperidine rings is 1. The average molecular weight is 526 g/mol. The smallest absolute Gasteiger partial charge is 0.149 e. The molecule has 2 aliphatic rings. The van der Waals surface area contributed by atoms with E-state index < -0.39 is 29.1 Å². The number of hydrogen-bond donors (Lipinski definition) is 2. The minimum absolute atomic E-state index is 0.110. The zero-order valence-electron chi connectivity index (χ0n) is 21.6. The summed E-state index contributed by atoms with van der Waals surface area (Å²) in [6.07, 6.45) is 5.84. The Morgan fingerprint density at radius 2 is 1.82 bits per heavy atom. The number of aryl methyl sites for hydroxylation is 2. The highest BCUT2D eigenvalue weighted by molar-refractivity contribution is 5.62. The fraction of sp³-hybridized carbons (Fsp3) is 0.448. The van der Waals surface area contributed by atoms with Gasteiger partial charge in [-0.2, -0.15) is 0 Å². The fourth-order valence-corrected chi connectivity index (χ4v) is 5.73. The molecule has 3 atom stereocenters. The van der Waals surface area contributed by atoms with E-state index in [1.54, 1.807) is 12.3 Å². The van der Waals surface area contributed by atoms with Gasteiger partial charge in [0.05, 0.1) is 11.7 Å². The number of aliphatic hydroxyl groups is 1. The number of aliphatic hydroxyl groups excluding tert-OH is 1. The Labute approximate surface area is 221 Å². The van der Waals surface area contributed by atoms with Gasteiger partial charge < -0.3 is 15.7 Å². The Bertz CT molecular complexity index is 1260. The Morgan fingerprint density at radius 3 is 2.53 bits per heavy atom. The highest BCUT2D eigenvalue weighted by Gasteiger charge is 2.25. The number of hydrogen-bond acceptors (Lipinski definition) is 6. The zero-order valence-corrected chi connectivity index (χ0v) is 21.6. The average Bonchev–Trinajstić information content (AvgIpc) is 3.27. The summed E-state index contributed by atoms with van der Waals surface area (Å²) in [7, 11) is 0. The Morgan fingerprint density at radius 1 is 1.03 bits per heavy atom. The largest absolute Gasteiger partial charge is 0.392 e. The molecule has 1 aromatic carbocycles. The Hall–Kier alpha value is -3.01. The van der Waals surface area contributed by atoms with Crippen LogP contribution in [0.3, 0.4) is 0 Å². The number of nitrogens with zero attached hydrogens (tertiary/aromatic N) is 4. The van der Waals surface area contributed by atoms with E-state index in [1.807, 2.05) is 17.2 Å². The second-order valence-electron chi connectivity index (χ2n) is 10.8.